The number of hydrogen-bond acceptors (Lipinski definition) is 4. The van der Waals surface area contributed by atoms with E-state index in [0.717, 1.165) is 17.0 Å². The number of pyridine rings is 1. The van der Waals surface area contributed by atoms with Crippen LogP contribution in [0.15, 0.2) is 18.2 Å². The summed E-state index contributed by atoms with van der Waals surface area (Å²) in [6, 6.07) is 3.09. The summed E-state index contributed by atoms with van der Waals surface area (Å²) >= 11 is 0. The monoisotopic (exact) mass is 424 g/mol. The Balaban J connectivity index is 2.18. The number of rotatable bonds is 3. The van der Waals surface area contributed by atoms with Crippen molar-refractivity contribution in [2.45, 2.75) is 32.0 Å². The van der Waals surface area contributed by atoms with Gasteiger partial charge in [0.05, 0.1) is 23.3 Å². The molecule has 1 aliphatic heterocycles. The second-order valence-electron chi connectivity index (χ2n) is 7.44. The second-order valence-corrected chi connectivity index (χ2v) is 11.9. The van der Waals surface area contributed by atoms with Gasteiger partial charge < -0.3 is 14.1 Å². The Labute approximate surface area is 158 Å². The molecule has 0 aliphatic carbocycles. The maximum atomic E-state index is 13.6. The Hall–Kier alpha value is -2.17. The lowest BCUT2D eigenvalue weighted by molar-refractivity contribution is -0.136. The Morgan fingerprint density at radius 3 is 2.36 bits per heavy atom. The molecule has 1 aromatic carbocycles. The number of benzene rings is 1. The van der Waals surface area contributed by atoms with Gasteiger partial charge in [-0.05, 0) is 25.7 Å². The molecule has 0 fully saturated rings. The van der Waals surface area contributed by atoms with Crippen molar-refractivity contribution in [3.63, 3.8) is 0 Å². The highest BCUT2D eigenvalue weighted by Crippen LogP contribution is 2.42. The molecule has 0 saturated heterocycles. The zero-order valence-electron chi connectivity index (χ0n) is 15.3. The van der Waals surface area contributed by atoms with E-state index in [1.165, 1.54) is 6.07 Å². The van der Waals surface area contributed by atoms with Crippen LogP contribution >= 0.6 is 0 Å². The Kier molecular flexibility index (Phi) is 4.93. The van der Waals surface area contributed by atoms with Gasteiger partial charge in [0.15, 0.2) is 0 Å². The van der Waals surface area contributed by atoms with Crippen molar-refractivity contribution in [1.29, 1.82) is 0 Å². The number of ether oxygens (including phenoxy) is 1. The Morgan fingerprint density at radius 1 is 1.11 bits per heavy atom. The van der Waals surface area contributed by atoms with Crippen molar-refractivity contribution < 1.29 is 35.5 Å². The van der Waals surface area contributed by atoms with E-state index in [4.69, 9.17) is 9.16 Å². The third-order valence-corrected chi connectivity index (χ3v) is 4.73. The molecule has 0 bridgehead atoms. The molecule has 0 spiro atoms. The van der Waals surface area contributed by atoms with Gasteiger partial charge in [0.2, 0.25) is 14.2 Å². The molecule has 0 atom stereocenters. The molecule has 0 unspecified atom stereocenters. The lowest BCUT2D eigenvalue weighted by Crippen LogP contribution is -2.39. The summed E-state index contributed by atoms with van der Waals surface area (Å²) in [5.74, 6) is -0.101. The number of anilines is 1. The number of halogens is 6. The normalized spacial score (nSPS) is 15.4. The van der Waals surface area contributed by atoms with E-state index in [2.05, 4.69) is 4.98 Å². The molecular weight excluding hydrogens is 406 g/mol. The smallest absolute Gasteiger partial charge is 0.417 e. The third-order valence-electron chi connectivity index (χ3n) is 3.91. The summed E-state index contributed by atoms with van der Waals surface area (Å²) in [6.07, 6.45) is -9.22. The van der Waals surface area contributed by atoms with Gasteiger partial charge in [-0.1, -0.05) is 0 Å². The number of alkyl halides is 6. The first-order valence-corrected chi connectivity index (χ1v) is 11.8. The Morgan fingerprint density at radius 2 is 1.79 bits per heavy atom. The van der Waals surface area contributed by atoms with E-state index >= 15 is 0 Å². The highest BCUT2D eigenvalue weighted by atomic mass is 28.4. The van der Waals surface area contributed by atoms with Crippen LogP contribution in [0.2, 0.25) is 19.6 Å². The molecule has 2 heterocycles. The van der Waals surface area contributed by atoms with E-state index in [1.54, 1.807) is 19.6 Å². The van der Waals surface area contributed by atoms with Crippen LogP contribution in [0.1, 0.15) is 5.56 Å². The largest absolute Gasteiger partial charge is 0.531 e. The first-order chi connectivity index (χ1) is 12.7. The quantitative estimate of drug-likeness (QED) is 0.499. The molecule has 154 valence electrons. The fourth-order valence-corrected chi connectivity index (χ4v) is 3.68. The van der Waals surface area contributed by atoms with Crippen LogP contribution in [-0.4, -0.2) is 39.2 Å². The van der Waals surface area contributed by atoms with E-state index < -0.39 is 32.8 Å². The topological polar surface area (TPSA) is 34.6 Å². The van der Waals surface area contributed by atoms with Crippen LogP contribution in [0.4, 0.5) is 32.0 Å². The average Bonchev–Trinajstić information content (AvgIpc) is 2.49. The second kappa shape index (κ2) is 6.71. The number of nitrogens with zero attached hydrogens (tertiary/aromatic N) is 2. The van der Waals surface area contributed by atoms with Crippen LogP contribution in [0, 0.1) is 0 Å². The maximum absolute atomic E-state index is 13.6. The van der Waals surface area contributed by atoms with Crippen molar-refractivity contribution in [2.75, 3.05) is 24.6 Å². The summed E-state index contributed by atoms with van der Waals surface area (Å²) in [4.78, 5) is 5.10. The van der Waals surface area contributed by atoms with Gasteiger partial charge in [-0.3, -0.25) is 0 Å². The van der Waals surface area contributed by atoms with Gasteiger partial charge in [-0.15, -0.1) is 0 Å². The molecule has 2 aromatic rings. The van der Waals surface area contributed by atoms with Crippen LogP contribution in [-0.2, 0) is 6.18 Å². The van der Waals surface area contributed by atoms with Gasteiger partial charge in [0.25, 0.3) is 0 Å². The first kappa shape index (κ1) is 20.6. The molecular formula is C17H18F6N2O2Si. The predicted molar refractivity (Wildman–Crippen MR) is 94.5 cm³/mol. The summed E-state index contributed by atoms with van der Waals surface area (Å²) < 4.78 is 90.4. The minimum atomic E-state index is -4.72. The minimum absolute atomic E-state index is 0.00812. The minimum Gasteiger partial charge on any atom is -0.531 e. The van der Waals surface area contributed by atoms with Gasteiger partial charge in [0, 0.05) is 17.5 Å². The van der Waals surface area contributed by atoms with E-state index in [1.807, 2.05) is 0 Å². The molecule has 3 rings (SSSR count). The van der Waals surface area contributed by atoms with E-state index in [0.29, 0.717) is 0 Å². The van der Waals surface area contributed by atoms with Crippen LogP contribution in [0.3, 0.4) is 0 Å². The molecule has 1 aromatic heterocycles. The van der Waals surface area contributed by atoms with Gasteiger partial charge in [-0.25, -0.2) is 4.98 Å². The van der Waals surface area contributed by atoms with E-state index in [-0.39, 0.29) is 41.4 Å². The molecule has 0 N–H and O–H groups in total. The van der Waals surface area contributed by atoms with Gasteiger partial charge in [-0.2, -0.15) is 26.3 Å². The van der Waals surface area contributed by atoms with E-state index in [9.17, 15) is 26.3 Å². The van der Waals surface area contributed by atoms with Crippen molar-refractivity contribution in [3.05, 3.63) is 23.8 Å². The summed E-state index contributed by atoms with van der Waals surface area (Å²) in [5, 5.41) is -0.299. The first-order valence-electron chi connectivity index (χ1n) is 8.42. The van der Waals surface area contributed by atoms with Crippen molar-refractivity contribution in [2.24, 2.45) is 0 Å². The zero-order valence-corrected chi connectivity index (χ0v) is 16.3. The average molecular weight is 424 g/mol. The van der Waals surface area contributed by atoms with Crippen molar-refractivity contribution >= 4 is 24.9 Å². The molecule has 0 radical (unpaired) electrons. The summed E-state index contributed by atoms with van der Waals surface area (Å²) in [6.45, 7) is 4.04. The molecule has 1 aliphatic rings. The number of aromatic nitrogens is 1. The van der Waals surface area contributed by atoms with Crippen LogP contribution in [0.5, 0.6) is 11.6 Å². The molecule has 4 nitrogen and oxygen atoms in total. The summed E-state index contributed by atoms with van der Waals surface area (Å²) in [7, 11) is -2.23. The van der Waals surface area contributed by atoms with Crippen LogP contribution < -0.4 is 14.1 Å². The highest BCUT2D eigenvalue weighted by molar-refractivity contribution is 6.70. The third kappa shape index (κ3) is 4.62. The fraction of sp³-hybridized carbons (Fsp3) is 0.471. The summed E-state index contributed by atoms with van der Waals surface area (Å²) in [5.41, 5.74) is -1.09. The lowest BCUT2D eigenvalue weighted by Gasteiger charge is -2.32. The Bertz CT molecular complexity index is 892. The number of hydrogen-bond donors (Lipinski definition) is 0. The van der Waals surface area contributed by atoms with Crippen molar-refractivity contribution in [3.8, 4) is 11.6 Å². The SMILES string of the molecule is C[Si](C)(C)Oc1cc(C(F)(F)F)c2cc3c(cc2n1)OCCN3CC(F)(F)F. The zero-order chi connectivity index (χ0) is 20.9. The van der Waals surface area contributed by atoms with Crippen molar-refractivity contribution in [1.82, 2.24) is 4.98 Å². The lowest BCUT2D eigenvalue weighted by atomic mass is 10.1. The highest BCUT2D eigenvalue weighted by Gasteiger charge is 2.37. The molecule has 0 amide bonds. The molecule has 0 saturated carbocycles. The molecule has 11 heteroatoms. The maximum Gasteiger partial charge on any atom is 0.417 e. The predicted octanol–water partition coefficient (Wildman–Crippen LogP) is 5.23. The van der Waals surface area contributed by atoms with Gasteiger partial charge in [0.1, 0.15) is 18.9 Å². The van der Waals surface area contributed by atoms with Crippen LogP contribution in [0.25, 0.3) is 10.9 Å². The fourth-order valence-electron chi connectivity index (χ4n) is 2.95. The van der Waals surface area contributed by atoms with Gasteiger partial charge >= 0.3 is 12.4 Å². The molecule has 28 heavy (non-hydrogen) atoms. The number of fused-ring (bicyclic) bond motifs is 2. The standard InChI is InChI=1S/C17H18F6N2O2Si/c1-28(2,3)27-15-7-11(17(21,22)23)10-6-13-14(8-12(10)24-15)26-5-4-25(13)9-16(18,19)20/h6-8H,4-5,9H2,1-3H3.